The Labute approximate surface area is 157 Å². The third-order valence-corrected chi connectivity index (χ3v) is 5.80. The van der Waals surface area contributed by atoms with E-state index < -0.39 is 0 Å². The predicted octanol–water partition coefficient (Wildman–Crippen LogP) is 2.35. The van der Waals surface area contributed by atoms with Crippen LogP contribution in [0, 0.1) is 5.92 Å². The van der Waals surface area contributed by atoms with Gasteiger partial charge in [0.2, 0.25) is 5.91 Å². The fourth-order valence-corrected chi connectivity index (χ4v) is 4.05. The summed E-state index contributed by atoms with van der Waals surface area (Å²) in [7, 11) is 1.97. The van der Waals surface area contributed by atoms with Crippen LogP contribution in [0.5, 0.6) is 0 Å². The fraction of sp³-hybridized carbons (Fsp3) is 0.400. The largest absolute Gasteiger partial charge is 0.338 e. The van der Waals surface area contributed by atoms with E-state index in [2.05, 4.69) is 10.2 Å². The minimum atomic E-state index is 0.222. The van der Waals surface area contributed by atoms with Gasteiger partial charge in [-0.15, -0.1) is 10.2 Å². The van der Waals surface area contributed by atoms with Crippen LogP contribution in [0.3, 0.4) is 0 Å². The molecule has 3 aromatic rings. The molecule has 1 aliphatic carbocycles. The van der Waals surface area contributed by atoms with Gasteiger partial charge >= 0.3 is 0 Å². The number of aryl methyl sites for hydroxylation is 1. The fourth-order valence-electron chi connectivity index (χ4n) is 4.05. The topological polar surface area (TPSA) is 68.8 Å². The summed E-state index contributed by atoms with van der Waals surface area (Å²) < 4.78 is 3.88. The molecule has 0 spiro atoms. The molecule has 1 aliphatic heterocycles. The average molecular weight is 362 g/mol. The summed E-state index contributed by atoms with van der Waals surface area (Å²) in [6.45, 7) is 1.38. The highest BCUT2D eigenvalue weighted by Crippen LogP contribution is 2.33. The van der Waals surface area contributed by atoms with Crippen molar-refractivity contribution in [2.24, 2.45) is 13.0 Å². The zero-order chi connectivity index (χ0) is 18.4. The van der Waals surface area contributed by atoms with Crippen LogP contribution in [0.4, 0.5) is 0 Å². The van der Waals surface area contributed by atoms with Crippen LogP contribution in [0.1, 0.15) is 30.5 Å². The number of carbonyl (C=O) groups is 1. The summed E-state index contributed by atoms with van der Waals surface area (Å²) in [6.07, 6.45) is 5.78. The Balaban J connectivity index is 1.53. The molecule has 0 unspecified atom stereocenters. The first kappa shape index (κ1) is 16.2. The maximum atomic E-state index is 12.7. The first-order valence-corrected chi connectivity index (χ1v) is 9.51. The van der Waals surface area contributed by atoms with E-state index in [0.717, 1.165) is 48.6 Å². The summed E-state index contributed by atoms with van der Waals surface area (Å²) in [5.41, 5.74) is 4.10. The van der Waals surface area contributed by atoms with Crippen LogP contribution in [0.15, 0.2) is 36.7 Å². The van der Waals surface area contributed by atoms with Gasteiger partial charge in [0.1, 0.15) is 12.0 Å². The smallest absolute Gasteiger partial charge is 0.225 e. The van der Waals surface area contributed by atoms with Gasteiger partial charge in [0.05, 0.1) is 0 Å². The van der Waals surface area contributed by atoms with Crippen molar-refractivity contribution in [3.63, 3.8) is 0 Å². The Bertz CT molecular complexity index is 985. The average Bonchev–Trinajstić information content (AvgIpc) is 3.25. The molecule has 0 radical (unpaired) electrons. The molecule has 0 atom stereocenters. The highest BCUT2D eigenvalue weighted by Gasteiger charge is 2.34. The Kier molecular flexibility index (Phi) is 3.81. The van der Waals surface area contributed by atoms with Crippen LogP contribution in [0.2, 0.25) is 0 Å². The SMILES string of the molecule is Cn1nc(-c2nncn2-c2ccccc2)c2c1CCN(C(=O)C1CCC1)C2. The number of fused-ring (bicyclic) bond motifs is 1. The third kappa shape index (κ3) is 2.65. The number of benzene rings is 1. The summed E-state index contributed by atoms with van der Waals surface area (Å²) in [5, 5.41) is 13.2. The molecule has 1 aromatic carbocycles. The van der Waals surface area contributed by atoms with Crippen LogP contribution in [-0.4, -0.2) is 41.9 Å². The van der Waals surface area contributed by atoms with Crippen molar-refractivity contribution >= 4 is 5.91 Å². The molecule has 1 saturated carbocycles. The Morgan fingerprint density at radius 2 is 2.00 bits per heavy atom. The van der Waals surface area contributed by atoms with Crippen molar-refractivity contribution in [1.82, 2.24) is 29.4 Å². The number of carbonyl (C=O) groups excluding carboxylic acids is 1. The number of hydrogen-bond donors (Lipinski definition) is 0. The molecule has 0 bridgehead atoms. The number of aromatic nitrogens is 5. The van der Waals surface area contributed by atoms with Gasteiger partial charge in [0.15, 0.2) is 5.82 Å². The maximum absolute atomic E-state index is 12.7. The minimum absolute atomic E-state index is 0.222. The first-order chi connectivity index (χ1) is 13.2. The zero-order valence-electron chi connectivity index (χ0n) is 15.4. The van der Waals surface area contributed by atoms with Gasteiger partial charge in [-0.05, 0) is 25.0 Å². The number of para-hydroxylation sites is 1. The van der Waals surface area contributed by atoms with Crippen LogP contribution in [0.25, 0.3) is 17.2 Å². The molecule has 7 nitrogen and oxygen atoms in total. The second-order valence-corrected chi connectivity index (χ2v) is 7.40. The molecule has 27 heavy (non-hydrogen) atoms. The molecule has 5 rings (SSSR count). The number of amides is 1. The van der Waals surface area contributed by atoms with Crippen molar-refractivity contribution in [2.45, 2.75) is 32.2 Å². The Morgan fingerprint density at radius 1 is 1.19 bits per heavy atom. The van der Waals surface area contributed by atoms with Crippen LogP contribution in [-0.2, 0) is 24.8 Å². The normalized spacial score (nSPS) is 16.9. The quantitative estimate of drug-likeness (QED) is 0.717. The minimum Gasteiger partial charge on any atom is -0.338 e. The lowest BCUT2D eigenvalue weighted by atomic mass is 9.84. The zero-order valence-corrected chi connectivity index (χ0v) is 15.4. The van der Waals surface area contributed by atoms with Gasteiger partial charge in [0.25, 0.3) is 0 Å². The van der Waals surface area contributed by atoms with Gasteiger partial charge < -0.3 is 4.90 Å². The van der Waals surface area contributed by atoms with Crippen molar-refractivity contribution in [2.75, 3.05) is 6.54 Å². The molecule has 2 aliphatic rings. The summed E-state index contributed by atoms with van der Waals surface area (Å²) in [6, 6.07) is 10.0. The van der Waals surface area contributed by atoms with Crippen molar-refractivity contribution in [1.29, 1.82) is 0 Å². The van der Waals surface area contributed by atoms with E-state index in [9.17, 15) is 4.79 Å². The van der Waals surface area contributed by atoms with Gasteiger partial charge in [-0.3, -0.25) is 14.0 Å². The monoisotopic (exact) mass is 362 g/mol. The van der Waals surface area contributed by atoms with E-state index in [1.807, 2.05) is 51.5 Å². The molecule has 0 N–H and O–H groups in total. The number of nitrogens with zero attached hydrogens (tertiary/aromatic N) is 6. The lowest BCUT2D eigenvalue weighted by molar-refractivity contribution is -0.139. The Hall–Kier alpha value is -2.96. The third-order valence-electron chi connectivity index (χ3n) is 5.80. The number of hydrogen-bond acceptors (Lipinski definition) is 4. The molecule has 138 valence electrons. The summed E-state index contributed by atoms with van der Waals surface area (Å²) in [5.74, 6) is 1.24. The molecule has 2 aromatic heterocycles. The highest BCUT2D eigenvalue weighted by atomic mass is 16.2. The molecular formula is C20H22N6O. The van der Waals surface area contributed by atoms with Crippen molar-refractivity contribution in [3.8, 4) is 17.2 Å². The van der Waals surface area contributed by atoms with Gasteiger partial charge in [-0.1, -0.05) is 24.6 Å². The molecule has 1 fully saturated rings. The molecule has 0 saturated heterocycles. The van der Waals surface area contributed by atoms with E-state index in [0.29, 0.717) is 12.5 Å². The van der Waals surface area contributed by atoms with Crippen molar-refractivity contribution < 1.29 is 4.79 Å². The number of rotatable bonds is 3. The van der Waals surface area contributed by atoms with E-state index in [1.165, 1.54) is 12.1 Å². The second-order valence-electron chi connectivity index (χ2n) is 7.40. The molecule has 1 amide bonds. The van der Waals surface area contributed by atoms with E-state index >= 15 is 0 Å². The van der Waals surface area contributed by atoms with Gasteiger partial charge in [0, 0.05) is 49.4 Å². The maximum Gasteiger partial charge on any atom is 0.225 e. The summed E-state index contributed by atoms with van der Waals surface area (Å²) >= 11 is 0. The van der Waals surface area contributed by atoms with Gasteiger partial charge in [-0.25, -0.2) is 0 Å². The second kappa shape index (κ2) is 6.33. The summed E-state index contributed by atoms with van der Waals surface area (Å²) in [4.78, 5) is 14.7. The van der Waals surface area contributed by atoms with E-state index in [-0.39, 0.29) is 5.92 Å². The van der Waals surface area contributed by atoms with Gasteiger partial charge in [-0.2, -0.15) is 5.10 Å². The molecular weight excluding hydrogens is 340 g/mol. The van der Waals surface area contributed by atoms with Crippen LogP contribution < -0.4 is 0 Å². The lowest BCUT2D eigenvalue weighted by Gasteiger charge is -2.34. The van der Waals surface area contributed by atoms with Crippen LogP contribution >= 0.6 is 0 Å². The predicted molar refractivity (Wildman–Crippen MR) is 100 cm³/mol. The lowest BCUT2D eigenvalue weighted by Crippen LogP contribution is -2.42. The Morgan fingerprint density at radius 3 is 2.74 bits per heavy atom. The van der Waals surface area contributed by atoms with Crippen molar-refractivity contribution in [3.05, 3.63) is 47.9 Å². The molecule has 3 heterocycles. The first-order valence-electron chi connectivity index (χ1n) is 9.51. The molecule has 7 heteroatoms. The van der Waals surface area contributed by atoms with E-state index in [4.69, 9.17) is 5.10 Å². The highest BCUT2D eigenvalue weighted by molar-refractivity contribution is 5.80. The van der Waals surface area contributed by atoms with E-state index in [1.54, 1.807) is 6.33 Å². The standard InChI is InChI=1S/C20H22N6O/c1-24-17-10-11-25(20(27)14-6-5-7-14)12-16(17)18(23-24)19-22-21-13-26(19)15-8-3-2-4-9-15/h2-4,8-9,13-14H,5-7,10-12H2,1H3.